The summed E-state index contributed by atoms with van der Waals surface area (Å²) in [6.07, 6.45) is 29.1. The van der Waals surface area contributed by atoms with Crippen LogP contribution in [0.2, 0.25) is 0 Å². The molecule has 3 unspecified atom stereocenters. The first-order valence-corrected chi connectivity index (χ1v) is 30.5. The highest BCUT2D eigenvalue weighted by Gasteiger charge is 2.41. The molecule has 0 radical (unpaired) electrons. The van der Waals surface area contributed by atoms with Crippen LogP contribution in [0.1, 0.15) is 288 Å². The van der Waals surface area contributed by atoms with E-state index >= 15 is 9.59 Å². The largest absolute Gasteiger partial charge is 0.490 e. The van der Waals surface area contributed by atoms with E-state index < -0.39 is 0 Å². The molecular weight excluding hydrogens is 909 g/mol. The molecule has 0 aromatic heterocycles. The molecule has 1 aliphatic rings. The van der Waals surface area contributed by atoms with E-state index in [0.29, 0.717) is 110 Å². The highest BCUT2D eigenvalue weighted by Crippen LogP contribution is 2.51. The zero-order valence-electron chi connectivity index (χ0n) is 49.2. The van der Waals surface area contributed by atoms with Gasteiger partial charge in [0.05, 0.1) is 50.8 Å². The summed E-state index contributed by atoms with van der Waals surface area (Å²) in [4.78, 5) is 31.3. The lowest BCUT2D eigenvalue weighted by Gasteiger charge is -2.28. The molecule has 73 heavy (non-hydrogen) atoms. The number of carbonyl (C=O) groups is 2. The summed E-state index contributed by atoms with van der Waals surface area (Å²) >= 11 is 0. The Hall–Kier alpha value is -3.42. The van der Waals surface area contributed by atoms with Crippen molar-refractivity contribution < 1.29 is 38.0 Å². The summed E-state index contributed by atoms with van der Waals surface area (Å²) in [5, 5.41) is 0. The fourth-order valence-electron chi connectivity index (χ4n) is 9.87. The van der Waals surface area contributed by atoms with E-state index in [-0.39, 0.29) is 33.8 Å². The van der Waals surface area contributed by atoms with Gasteiger partial charge in [-0.25, -0.2) is 0 Å². The molecule has 2 aromatic carbocycles. The van der Waals surface area contributed by atoms with Crippen LogP contribution in [0.3, 0.4) is 0 Å². The van der Waals surface area contributed by atoms with Gasteiger partial charge in [0, 0.05) is 11.1 Å². The van der Waals surface area contributed by atoms with Crippen LogP contribution >= 0.6 is 0 Å². The van der Waals surface area contributed by atoms with Gasteiger partial charge in [0.15, 0.2) is 34.6 Å². The monoisotopic (exact) mass is 1020 g/mol. The van der Waals surface area contributed by atoms with Crippen LogP contribution in [0.5, 0.6) is 34.5 Å². The Morgan fingerprint density at radius 1 is 0.315 bits per heavy atom. The van der Waals surface area contributed by atoms with Crippen molar-refractivity contribution in [1.29, 1.82) is 0 Å². The molecule has 0 aliphatic heterocycles. The first kappa shape index (κ1) is 63.9. The van der Waals surface area contributed by atoms with E-state index in [2.05, 4.69) is 83.1 Å². The van der Waals surface area contributed by atoms with Gasteiger partial charge in [-0.2, -0.15) is 0 Å². The lowest BCUT2D eigenvalue weighted by atomic mass is 9.82. The average molecular weight is 1020 g/mol. The van der Waals surface area contributed by atoms with E-state index in [9.17, 15) is 0 Å². The number of fused-ring (bicyclic) bond motifs is 2. The van der Waals surface area contributed by atoms with Crippen LogP contribution in [0.25, 0.3) is 0 Å². The SMILES string of the molecule is CCCCCCCOc1cc2c(c(OCCCCCCC)c1OCCCCCCC)C(=O)c1cc(OCCC(C)CCCC(C)C)c(OCCC(C)CCCC(C)C)c(OCCC(C)CCCC(C)C)c1C2=O. The first-order valence-electron chi connectivity index (χ1n) is 30.5. The standard InChI is InChI=1S/C65H110O8/c1-13-16-19-22-25-40-68-56-46-54-58(64(71-42-27-24-21-18-15-3)62(56)70-41-26-23-20-17-14-2)60(66)55-47-57(69-43-37-51(10)34-28-31-48(4)5)63(72-44-38-52(11)35-29-32-49(6)7)65(59(55)61(54)67)73-45-39-53(12)36-30-33-50(8)9/h46-53H,13-45H2,1-12H3. The van der Waals surface area contributed by atoms with Crippen molar-refractivity contribution in [3.05, 3.63) is 34.4 Å². The molecule has 0 bridgehead atoms. The number of carbonyl (C=O) groups excluding carboxylic acids is 2. The maximum absolute atomic E-state index is 15.6. The van der Waals surface area contributed by atoms with E-state index in [1.165, 1.54) is 51.4 Å². The third-order valence-electron chi connectivity index (χ3n) is 14.9. The summed E-state index contributed by atoms with van der Waals surface area (Å²) in [7, 11) is 0. The second-order valence-corrected chi connectivity index (χ2v) is 23.6. The number of ketones is 2. The third kappa shape index (κ3) is 24.0. The summed E-state index contributed by atoms with van der Waals surface area (Å²) in [5.41, 5.74) is 0.991. The van der Waals surface area contributed by atoms with E-state index in [4.69, 9.17) is 28.4 Å². The van der Waals surface area contributed by atoms with Crippen molar-refractivity contribution in [3.8, 4) is 34.5 Å². The predicted molar refractivity (Wildman–Crippen MR) is 306 cm³/mol. The summed E-state index contributed by atoms with van der Waals surface area (Å²) in [5.74, 6) is 5.16. The summed E-state index contributed by atoms with van der Waals surface area (Å²) < 4.78 is 40.6. The Kier molecular flexibility index (Phi) is 32.7. The normalized spacial score (nSPS) is 13.6. The Labute approximate surface area is 448 Å². The maximum Gasteiger partial charge on any atom is 0.204 e. The van der Waals surface area contributed by atoms with Crippen LogP contribution in [-0.2, 0) is 0 Å². The predicted octanol–water partition coefficient (Wildman–Crippen LogP) is 19.2. The Balaban J connectivity index is 2.25. The Morgan fingerprint density at radius 2 is 0.603 bits per heavy atom. The smallest absolute Gasteiger partial charge is 0.204 e. The van der Waals surface area contributed by atoms with Gasteiger partial charge in [-0.05, 0) is 86.2 Å². The van der Waals surface area contributed by atoms with Gasteiger partial charge in [0.1, 0.15) is 0 Å². The van der Waals surface area contributed by atoms with Crippen LogP contribution in [0.15, 0.2) is 12.1 Å². The molecule has 1 aliphatic carbocycles. The van der Waals surface area contributed by atoms with Crippen LogP contribution < -0.4 is 28.4 Å². The number of hydrogen-bond acceptors (Lipinski definition) is 8. The van der Waals surface area contributed by atoms with Gasteiger partial charge < -0.3 is 28.4 Å². The highest BCUT2D eigenvalue weighted by molar-refractivity contribution is 6.31. The minimum Gasteiger partial charge on any atom is -0.490 e. The molecule has 418 valence electrons. The zero-order valence-corrected chi connectivity index (χ0v) is 49.2. The van der Waals surface area contributed by atoms with Gasteiger partial charge in [-0.1, -0.05) is 218 Å². The molecule has 0 saturated carbocycles. The molecule has 0 saturated heterocycles. The van der Waals surface area contributed by atoms with Gasteiger partial charge >= 0.3 is 0 Å². The van der Waals surface area contributed by atoms with Gasteiger partial charge in [0.2, 0.25) is 11.5 Å². The maximum atomic E-state index is 15.6. The lowest BCUT2D eigenvalue weighted by molar-refractivity contribution is 0.0968. The van der Waals surface area contributed by atoms with E-state index in [0.717, 1.165) is 122 Å². The molecule has 3 rings (SSSR count). The van der Waals surface area contributed by atoms with Crippen LogP contribution in [0.4, 0.5) is 0 Å². The molecule has 0 spiro atoms. The molecule has 0 fully saturated rings. The number of unbranched alkanes of at least 4 members (excludes halogenated alkanes) is 12. The van der Waals surface area contributed by atoms with Crippen LogP contribution in [0, 0.1) is 35.5 Å². The number of rotatable bonds is 45. The second kappa shape index (κ2) is 37.3. The van der Waals surface area contributed by atoms with E-state index in [1.54, 1.807) is 12.1 Å². The lowest BCUT2D eigenvalue weighted by Crippen LogP contribution is -2.25. The third-order valence-corrected chi connectivity index (χ3v) is 14.9. The second-order valence-electron chi connectivity index (χ2n) is 23.6. The zero-order chi connectivity index (χ0) is 53.4. The van der Waals surface area contributed by atoms with Crippen molar-refractivity contribution in [1.82, 2.24) is 0 Å². The first-order chi connectivity index (χ1) is 35.2. The van der Waals surface area contributed by atoms with Crippen molar-refractivity contribution in [2.24, 2.45) is 35.5 Å². The van der Waals surface area contributed by atoms with Gasteiger partial charge in [-0.15, -0.1) is 0 Å². The molecular formula is C65H110O8. The molecule has 0 amide bonds. The Morgan fingerprint density at radius 3 is 0.959 bits per heavy atom. The average Bonchev–Trinajstić information content (AvgIpc) is 3.34. The van der Waals surface area contributed by atoms with Crippen molar-refractivity contribution >= 4 is 11.6 Å². The summed E-state index contributed by atoms with van der Waals surface area (Å²) in [6, 6.07) is 3.53. The van der Waals surface area contributed by atoms with Crippen molar-refractivity contribution in [3.63, 3.8) is 0 Å². The van der Waals surface area contributed by atoms with Crippen molar-refractivity contribution in [2.75, 3.05) is 39.6 Å². The number of hydrogen-bond donors (Lipinski definition) is 0. The molecule has 0 N–H and O–H groups in total. The van der Waals surface area contributed by atoms with Crippen molar-refractivity contribution in [2.45, 2.75) is 256 Å². The fourth-order valence-corrected chi connectivity index (χ4v) is 9.87. The van der Waals surface area contributed by atoms with Gasteiger partial charge in [0.25, 0.3) is 0 Å². The minimum atomic E-state index is -0.298. The molecule has 3 atom stereocenters. The van der Waals surface area contributed by atoms with E-state index in [1.807, 2.05) is 0 Å². The number of benzene rings is 2. The van der Waals surface area contributed by atoms with Crippen LogP contribution in [-0.4, -0.2) is 51.2 Å². The molecule has 2 aromatic rings. The summed E-state index contributed by atoms with van der Waals surface area (Å²) in [6.45, 7) is 29.8. The highest BCUT2D eigenvalue weighted by atomic mass is 16.5. The Bertz CT molecular complexity index is 1810. The number of ether oxygens (including phenoxy) is 6. The molecule has 0 heterocycles. The minimum absolute atomic E-state index is 0.236. The molecule has 8 nitrogen and oxygen atoms in total. The quantitative estimate of drug-likeness (QED) is 0.0517. The topological polar surface area (TPSA) is 89.5 Å². The van der Waals surface area contributed by atoms with Gasteiger partial charge in [-0.3, -0.25) is 9.59 Å². The fraction of sp³-hybridized carbons (Fsp3) is 0.785. The molecule has 8 heteroatoms.